The SMILES string of the molecule is ClN1N=[C]C=CN1. The van der Waals surface area contributed by atoms with Crippen LogP contribution in [-0.2, 0) is 0 Å². The van der Waals surface area contributed by atoms with E-state index in [-0.39, 0.29) is 0 Å². The first-order valence-electron chi connectivity index (χ1n) is 1.73. The van der Waals surface area contributed by atoms with Gasteiger partial charge in [-0.2, -0.15) is 0 Å². The van der Waals surface area contributed by atoms with E-state index >= 15 is 0 Å². The molecule has 0 unspecified atom stereocenters. The largest absolute Gasteiger partial charge is 0.274 e. The first-order valence-corrected chi connectivity index (χ1v) is 2.06. The molecule has 0 atom stereocenters. The van der Waals surface area contributed by atoms with Gasteiger partial charge in [0.2, 0.25) is 0 Å². The predicted octanol–water partition coefficient (Wildman–Crippen LogP) is 0.337. The Balaban J connectivity index is 2.49. The molecular formula is C3H3ClN3. The van der Waals surface area contributed by atoms with Crippen molar-refractivity contribution in [3.8, 4) is 0 Å². The van der Waals surface area contributed by atoms with Crippen molar-refractivity contribution < 1.29 is 0 Å². The fourth-order valence-electron chi connectivity index (χ4n) is 0.249. The highest BCUT2D eigenvalue weighted by Gasteiger charge is 1.88. The highest BCUT2D eigenvalue weighted by Crippen LogP contribution is 1.90. The molecule has 4 heteroatoms. The van der Waals surface area contributed by atoms with E-state index in [1.807, 2.05) is 0 Å². The number of rotatable bonds is 0. The average molecular weight is 117 g/mol. The number of nitrogens with zero attached hydrogens (tertiary/aromatic N) is 2. The third-order valence-corrected chi connectivity index (χ3v) is 0.658. The molecule has 0 saturated heterocycles. The zero-order valence-electron chi connectivity index (χ0n) is 3.43. The lowest BCUT2D eigenvalue weighted by atomic mass is 10.7. The number of hydrazine groups is 1. The Hall–Kier alpha value is -0.700. The molecule has 0 aromatic heterocycles. The lowest BCUT2D eigenvalue weighted by Gasteiger charge is -2.08. The van der Waals surface area contributed by atoms with Crippen molar-refractivity contribution in [3.05, 3.63) is 12.3 Å². The molecule has 1 aliphatic heterocycles. The molecule has 37 valence electrons. The van der Waals surface area contributed by atoms with E-state index in [9.17, 15) is 0 Å². The van der Waals surface area contributed by atoms with Gasteiger partial charge in [-0.25, -0.2) is 0 Å². The van der Waals surface area contributed by atoms with Crippen LogP contribution >= 0.6 is 11.8 Å². The first kappa shape index (κ1) is 4.46. The van der Waals surface area contributed by atoms with Gasteiger partial charge in [-0.1, -0.05) is 0 Å². The van der Waals surface area contributed by atoms with E-state index in [0.717, 1.165) is 4.64 Å². The van der Waals surface area contributed by atoms with E-state index in [2.05, 4.69) is 16.7 Å². The highest BCUT2D eigenvalue weighted by molar-refractivity contribution is 6.13. The van der Waals surface area contributed by atoms with Crippen molar-refractivity contribution in [3.63, 3.8) is 0 Å². The van der Waals surface area contributed by atoms with Crippen LogP contribution in [0.3, 0.4) is 0 Å². The highest BCUT2D eigenvalue weighted by atomic mass is 35.5. The fraction of sp³-hybridized carbons (Fsp3) is 0. The summed E-state index contributed by atoms with van der Waals surface area (Å²) in [5.41, 5.74) is 2.57. The second kappa shape index (κ2) is 1.84. The van der Waals surface area contributed by atoms with Crippen molar-refractivity contribution in [2.45, 2.75) is 0 Å². The molecule has 0 aliphatic carbocycles. The van der Waals surface area contributed by atoms with E-state index in [4.69, 9.17) is 11.8 Å². The summed E-state index contributed by atoms with van der Waals surface area (Å²) in [5.74, 6) is 0. The minimum atomic E-state index is 1.04. The van der Waals surface area contributed by atoms with E-state index in [0.29, 0.717) is 0 Å². The molecule has 0 fully saturated rings. The third kappa shape index (κ3) is 1.08. The third-order valence-electron chi connectivity index (χ3n) is 0.484. The van der Waals surface area contributed by atoms with Gasteiger partial charge in [0.1, 0.15) is 6.21 Å². The lowest BCUT2D eigenvalue weighted by molar-refractivity contribution is 0.414. The van der Waals surface area contributed by atoms with Gasteiger partial charge in [0, 0.05) is 6.20 Å². The van der Waals surface area contributed by atoms with Gasteiger partial charge in [0.05, 0.1) is 11.8 Å². The van der Waals surface area contributed by atoms with Crippen LogP contribution in [0, 0.1) is 0 Å². The zero-order chi connectivity index (χ0) is 5.11. The smallest absolute Gasteiger partial charge is 0.116 e. The Bertz CT molecular complexity index is 109. The Morgan fingerprint density at radius 2 is 2.71 bits per heavy atom. The van der Waals surface area contributed by atoms with Crippen LogP contribution in [0.1, 0.15) is 0 Å². The minimum absolute atomic E-state index is 1.04. The van der Waals surface area contributed by atoms with Gasteiger partial charge < -0.3 is 0 Å². The van der Waals surface area contributed by atoms with Crippen LogP contribution in [0.2, 0.25) is 0 Å². The molecule has 1 heterocycles. The second-order valence-corrected chi connectivity index (χ2v) is 1.27. The summed E-state index contributed by atoms with van der Waals surface area (Å²) in [4.78, 5) is 0. The minimum Gasteiger partial charge on any atom is -0.274 e. The zero-order valence-corrected chi connectivity index (χ0v) is 4.18. The summed E-state index contributed by atoms with van der Waals surface area (Å²) >= 11 is 5.26. The maximum absolute atomic E-state index is 5.26. The molecule has 0 aromatic rings. The molecule has 0 bridgehead atoms. The van der Waals surface area contributed by atoms with Crippen molar-refractivity contribution in [2.75, 3.05) is 0 Å². The average Bonchev–Trinajstić information content (AvgIpc) is 1.69. The lowest BCUT2D eigenvalue weighted by Crippen LogP contribution is -2.20. The van der Waals surface area contributed by atoms with Crippen LogP contribution < -0.4 is 5.43 Å². The van der Waals surface area contributed by atoms with Gasteiger partial charge in [-0.05, 0) is 6.08 Å². The molecule has 7 heavy (non-hydrogen) atoms. The van der Waals surface area contributed by atoms with Crippen molar-refractivity contribution in [1.29, 1.82) is 0 Å². The van der Waals surface area contributed by atoms with Gasteiger partial charge in [0.25, 0.3) is 0 Å². The molecule has 0 saturated carbocycles. The van der Waals surface area contributed by atoms with Gasteiger partial charge in [0.15, 0.2) is 0 Å². The monoisotopic (exact) mass is 116 g/mol. The quantitative estimate of drug-likeness (QED) is 0.462. The Morgan fingerprint density at radius 3 is 3.00 bits per heavy atom. The molecular weight excluding hydrogens is 114 g/mol. The normalized spacial score (nSPS) is 17.0. The maximum Gasteiger partial charge on any atom is 0.116 e. The van der Waals surface area contributed by atoms with Crippen molar-refractivity contribution >= 4 is 18.0 Å². The summed E-state index contributed by atoms with van der Waals surface area (Å²) in [6.07, 6.45) is 5.76. The van der Waals surface area contributed by atoms with Crippen LogP contribution in [0.25, 0.3) is 0 Å². The molecule has 1 rings (SSSR count). The Morgan fingerprint density at radius 1 is 1.86 bits per heavy atom. The number of hydrogen-bond donors (Lipinski definition) is 1. The molecule has 0 spiro atoms. The second-order valence-electron chi connectivity index (χ2n) is 0.952. The summed E-state index contributed by atoms with van der Waals surface area (Å²) in [6.45, 7) is 0. The number of allylic oxidation sites excluding steroid dienone is 1. The molecule has 1 aliphatic rings. The molecule has 1 N–H and O–H groups in total. The molecule has 0 aromatic carbocycles. The number of hydrogen-bond acceptors (Lipinski definition) is 3. The molecule has 0 amide bonds. The van der Waals surface area contributed by atoms with Gasteiger partial charge in [-0.3, -0.25) is 5.43 Å². The number of halogens is 1. The first-order chi connectivity index (χ1) is 3.39. The maximum atomic E-state index is 5.26. The predicted molar refractivity (Wildman–Crippen MR) is 27.4 cm³/mol. The Kier molecular flexibility index (Phi) is 1.17. The van der Waals surface area contributed by atoms with Crippen molar-refractivity contribution in [2.24, 2.45) is 5.10 Å². The van der Waals surface area contributed by atoms with E-state index in [1.54, 1.807) is 12.3 Å². The Labute approximate surface area is 46.3 Å². The van der Waals surface area contributed by atoms with Crippen LogP contribution in [0.4, 0.5) is 0 Å². The van der Waals surface area contributed by atoms with Crippen LogP contribution in [0.5, 0.6) is 0 Å². The standard InChI is InChI=1S/C3H3ClN3/c4-7-5-2-1-3-6-7/h1-2,5H. The van der Waals surface area contributed by atoms with Crippen LogP contribution in [0.15, 0.2) is 17.4 Å². The van der Waals surface area contributed by atoms with Crippen LogP contribution in [-0.4, -0.2) is 10.9 Å². The summed E-state index contributed by atoms with van der Waals surface area (Å²) in [7, 11) is 0. The van der Waals surface area contributed by atoms with E-state index in [1.165, 1.54) is 0 Å². The van der Waals surface area contributed by atoms with Gasteiger partial charge in [-0.15, -0.1) is 9.74 Å². The van der Waals surface area contributed by atoms with Gasteiger partial charge >= 0.3 is 0 Å². The number of hydrazone groups is 1. The van der Waals surface area contributed by atoms with E-state index < -0.39 is 0 Å². The molecule has 1 radical (unpaired) electrons. The summed E-state index contributed by atoms with van der Waals surface area (Å²) < 4.78 is 1.04. The molecule has 3 nitrogen and oxygen atoms in total. The number of nitrogens with one attached hydrogen (secondary N) is 1. The summed E-state index contributed by atoms with van der Waals surface area (Å²) in [6, 6.07) is 0. The fourth-order valence-corrected chi connectivity index (χ4v) is 0.349. The topological polar surface area (TPSA) is 27.6 Å². The summed E-state index contributed by atoms with van der Waals surface area (Å²) in [5, 5.41) is 3.48. The van der Waals surface area contributed by atoms with Crippen molar-refractivity contribution in [1.82, 2.24) is 10.1 Å².